The molecule has 1 amide bonds. The van der Waals surface area contributed by atoms with Crippen molar-refractivity contribution < 1.29 is 4.79 Å². The number of carbonyl (C=O) groups is 1. The van der Waals surface area contributed by atoms with Crippen LogP contribution in [0, 0.1) is 0 Å². The molecule has 2 aromatic rings. The molecule has 2 aromatic heterocycles. The molecule has 0 aliphatic heterocycles. The first-order valence-electron chi connectivity index (χ1n) is 4.04. The summed E-state index contributed by atoms with van der Waals surface area (Å²) in [5.41, 5.74) is 6.70. The quantitative estimate of drug-likeness (QED) is 0.611. The minimum atomic E-state index is -0.180. The molecule has 4 N–H and O–H groups in total. The maximum Gasteiger partial charge on any atom is 0.222 e. The number of nitrogens with two attached hydrogens (primary N) is 1. The number of pyridine rings is 1. The highest BCUT2D eigenvalue weighted by atomic mass is 16.1. The number of aromatic amines is 1. The minimum Gasteiger partial charge on any atom is -0.397 e. The normalized spacial score (nSPS) is 10.4. The maximum atomic E-state index is 10.8. The summed E-state index contributed by atoms with van der Waals surface area (Å²) in [6.45, 7) is 1.42. The second kappa shape index (κ2) is 2.99. The maximum absolute atomic E-state index is 10.8. The Bertz CT molecular complexity index is 489. The molecule has 6 nitrogen and oxygen atoms in total. The molecule has 2 rings (SSSR count). The largest absolute Gasteiger partial charge is 0.397 e. The fourth-order valence-electron chi connectivity index (χ4n) is 1.18. The number of nitrogens with one attached hydrogen (secondary N) is 2. The van der Waals surface area contributed by atoms with Crippen molar-refractivity contribution in [3.8, 4) is 0 Å². The van der Waals surface area contributed by atoms with Crippen LogP contribution in [0.4, 0.5) is 11.5 Å². The summed E-state index contributed by atoms with van der Waals surface area (Å²) < 4.78 is 0. The Hall–Kier alpha value is -2.11. The molecular weight excluding hydrogens is 182 g/mol. The highest BCUT2D eigenvalue weighted by Crippen LogP contribution is 2.20. The number of aromatic nitrogens is 3. The van der Waals surface area contributed by atoms with Crippen LogP contribution in [0.5, 0.6) is 0 Å². The minimum absolute atomic E-state index is 0.180. The number of H-pyrrole nitrogens is 1. The van der Waals surface area contributed by atoms with E-state index in [4.69, 9.17) is 5.73 Å². The molecule has 6 heteroatoms. The van der Waals surface area contributed by atoms with Gasteiger partial charge in [0.1, 0.15) is 0 Å². The number of carbonyl (C=O) groups excluding carboxylic acids is 1. The fraction of sp³-hybridized carbons (Fsp3) is 0.125. The summed E-state index contributed by atoms with van der Waals surface area (Å²) in [7, 11) is 0. The molecule has 0 fully saturated rings. The number of nitrogen functional groups attached to an aromatic ring is 1. The van der Waals surface area contributed by atoms with Gasteiger partial charge in [-0.1, -0.05) is 0 Å². The molecule has 72 valence electrons. The van der Waals surface area contributed by atoms with Crippen LogP contribution in [0.3, 0.4) is 0 Å². The van der Waals surface area contributed by atoms with Crippen LogP contribution >= 0.6 is 0 Å². The third-order valence-corrected chi connectivity index (χ3v) is 1.73. The van der Waals surface area contributed by atoms with Gasteiger partial charge >= 0.3 is 0 Å². The average Bonchev–Trinajstić information content (AvgIpc) is 2.47. The molecule has 0 spiro atoms. The molecule has 0 aliphatic rings. The van der Waals surface area contributed by atoms with Gasteiger partial charge in [0.15, 0.2) is 11.5 Å². The Balaban J connectivity index is 2.55. The lowest BCUT2D eigenvalue weighted by Gasteiger charge is -1.96. The van der Waals surface area contributed by atoms with E-state index < -0.39 is 0 Å². The summed E-state index contributed by atoms with van der Waals surface area (Å²) in [6.07, 6.45) is 1.53. The molecule has 0 aromatic carbocycles. The van der Waals surface area contributed by atoms with Gasteiger partial charge in [-0.15, -0.1) is 0 Å². The van der Waals surface area contributed by atoms with Gasteiger partial charge in [-0.05, 0) is 6.07 Å². The zero-order valence-electron chi connectivity index (χ0n) is 7.53. The number of rotatable bonds is 1. The van der Waals surface area contributed by atoms with E-state index in [1.165, 1.54) is 13.1 Å². The second-order valence-corrected chi connectivity index (χ2v) is 2.92. The summed E-state index contributed by atoms with van der Waals surface area (Å²) in [4.78, 5) is 14.8. The van der Waals surface area contributed by atoms with Gasteiger partial charge in [0.2, 0.25) is 5.91 Å². The number of nitrogens with zero attached hydrogens (tertiary/aromatic N) is 2. The Morgan fingerprint density at radius 1 is 1.64 bits per heavy atom. The smallest absolute Gasteiger partial charge is 0.222 e. The Morgan fingerprint density at radius 3 is 3.14 bits per heavy atom. The number of amides is 1. The molecule has 0 saturated heterocycles. The first kappa shape index (κ1) is 8.49. The average molecular weight is 191 g/mol. The van der Waals surface area contributed by atoms with Gasteiger partial charge in [0.25, 0.3) is 0 Å². The third-order valence-electron chi connectivity index (χ3n) is 1.73. The van der Waals surface area contributed by atoms with Crippen molar-refractivity contribution in [2.75, 3.05) is 11.1 Å². The van der Waals surface area contributed by atoms with Crippen molar-refractivity contribution in [2.24, 2.45) is 0 Å². The standard InChI is InChI=1S/C8H9N5O/c1-4(14)11-8-6-2-5(9)3-10-7(6)12-13-8/h2-3H,9H2,1H3,(H2,10,11,12,13,14). The fourth-order valence-corrected chi connectivity index (χ4v) is 1.18. The first-order valence-corrected chi connectivity index (χ1v) is 4.04. The first-order chi connectivity index (χ1) is 6.66. The lowest BCUT2D eigenvalue weighted by molar-refractivity contribution is -0.114. The summed E-state index contributed by atoms with van der Waals surface area (Å²) >= 11 is 0. The van der Waals surface area contributed by atoms with Crippen molar-refractivity contribution in [2.45, 2.75) is 6.92 Å². The molecule has 2 heterocycles. The molecule has 0 aliphatic carbocycles. The third kappa shape index (κ3) is 1.37. The highest BCUT2D eigenvalue weighted by molar-refractivity contribution is 5.98. The van der Waals surface area contributed by atoms with Crippen LogP contribution in [-0.2, 0) is 4.79 Å². The van der Waals surface area contributed by atoms with Crippen molar-refractivity contribution in [3.05, 3.63) is 12.3 Å². The molecule has 0 atom stereocenters. The summed E-state index contributed by atoms with van der Waals surface area (Å²) in [5.74, 6) is 0.271. The van der Waals surface area contributed by atoms with Gasteiger partial charge < -0.3 is 11.1 Å². The van der Waals surface area contributed by atoms with Crippen LogP contribution in [0.1, 0.15) is 6.92 Å². The Labute approximate surface area is 79.5 Å². The van der Waals surface area contributed by atoms with Gasteiger partial charge in [-0.2, -0.15) is 5.10 Å². The number of anilines is 2. The molecular formula is C8H9N5O. The molecule has 0 saturated carbocycles. The Morgan fingerprint density at radius 2 is 2.43 bits per heavy atom. The van der Waals surface area contributed by atoms with E-state index in [0.29, 0.717) is 22.5 Å². The van der Waals surface area contributed by atoms with Crippen molar-refractivity contribution in [3.63, 3.8) is 0 Å². The molecule has 0 bridgehead atoms. The van der Waals surface area contributed by atoms with Crippen LogP contribution < -0.4 is 11.1 Å². The highest BCUT2D eigenvalue weighted by Gasteiger charge is 2.07. The second-order valence-electron chi connectivity index (χ2n) is 2.92. The predicted octanol–water partition coefficient (Wildman–Crippen LogP) is 0.498. The van der Waals surface area contributed by atoms with Crippen LogP contribution in [0.25, 0.3) is 11.0 Å². The van der Waals surface area contributed by atoms with E-state index in [1.807, 2.05) is 0 Å². The predicted molar refractivity (Wildman–Crippen MR) is 52.6 cm³/mol. The summed E-state index contributed by atoms with van der Waals surface area (Å²) in [6, 6.07) is 1.71. The number of fused-ring (bicyclic) bond motifs is 1. The Kier molecular flexibility index (Phi) is 1.81. The van der Waals surface area contributed by atoms with Crippen LogP contribution in [0.15, 0.2) is 12.3 Å². The topological polar surface area (TPSA) is 96.7 Å². The molecule has 0 unspecified atom stereocenters. The van der Waals surface area contributed by atoms with E-state index in [9.17, 15) is 4.79 Å². The van der Waals surface area contributed by atoms with Gasteiger partial charge in [0, 0.05) is 6.92 Å². The zero-order chi connectivity index (χ0) is 10.1. The number of hydrogen-bond donors (Lipinski definition) is 3. The van der Waals surface area contributed by atoms with E-state index in [2.05, 4.69) is 20.5 Å². The zero-order valence-corrected chi connectivity index (χ0v) is 7.53. The number of hydrogen-bond acceptors (Lipinski definition) is 4. The van der Waals surface area contributed by atoms with Crippen LogP contribution in [0.2, 0.25) is 0 Å². The lowest BCUT2D eigenvalue weighted by Crippen LogP contribution is -2.06. The van der Waals surface area contributed by atoms with Gasteiger partial charge in [0.05, 0.1) is 17.3 Å². The monoisotopic (exact) mass is 191 g/mol. The van der Waals surface area contributed by atoms with Gasteiger partial charge in [-0.3, -0.25) is 9.89 Å². The van der Waals surface area contributed by atoms with E-state index in [-0.39, 0.29) is 5.91 Å². The van der Waals surface area contributed by atoms with Crippen molar-refractivity contribution >= 4 is 28.4 Å². The molecule has 14 heavy (non-hydrogen) atoms. The lowest BCUT2D eigenvalue weighted by atomic mass is 10.3. The SMILES string of the molecule is CC(=O)Nc1n[nH]c2ncc(N)cc12. The van der Waals surface area contributed by atoms with Gasteiger partial charge in [-0.25, -0.2) is 4.98 Å². The van der Waals surface area contributed by atoms with E-state index >= 15 is 0 Å². The van der Waals surface area contributed by atoms with Crippen molar-refractivity contribution in [1.29, 1.82) is 0 Å². The van der Waals surface area contributed by atoms with E-state index in [0.717, 1.165) is 0 Å². The van der Waals surface area contributed by atoms with E-state index in [1.54, 1.807) is 6.07 Å². The molecule has 0 radical (unpaired) electrons. The van der Waals surface area contributed by atoms with Crippen LogP contribution in [-0.4, -0.2) is 21.1 Å². The summed E-state index contributed by atoms with van der Waals surface area (Å²) in [5, 5.41) is 9.88. The van der Waals surface area contributed by atoms with Crippen molar-refractivity contribution in [1.82, 2.24) is 15.2 Å².